The van der Waals surface area contributed by atoms with Gasteiger partial charge >= 0.3 is 0 Å². The first kappa shape index (κ1) is 13.0. The maximum atomic E-state index is 12.7. The van der Waals surface area contributed by atoms with Crippen LogP contribution in [0.5, 0.6) is 0 Å². The molecule has 1 aromatic carbocycles. The zero-order chi connectivity index (χ0) is 12.1. The SMILES string of the molecule is CC(C)N(Cc1ccc(F)cc1)C(=O)CCl. The fourth-order valence-corrected chi connectivity index (χ4v) is 1.58. The highest BCUT2D eigenvalue weighted by Gasteiger charge is 2.15. The molecule has 0 saturated heterocycles. The molecule has 0 atom stereocenters. The topological polar surface area (TPSA) is 20.3 Å². The number of alkyl halides is 1. The minimum atomic E-state index is -0.275. The van der Waals surface area contributed by atoms with E-state index < -0.39 is 0 Å². The second-order valence-corrected chi connectivity index (χ2v) is 4.14. The van der Waals surface area contributed by atoms with E-state index in [-0.39, 0.29) is 23.6 Å². The van der Waals surface area contributed by atoms with Gasteiger partial charge in [-0.1, -0.05) is 12.1 Å². The number of carbonyl (C=O) groups is 1. The van der Waals surface area contributed by atoms with Crippen molar-refractivity contribution < 1.29 is 9.18 Å². The molecule has 2 nitrogen and oxygen atoms in total. The van der Waals surface area contributed by atoms with E-state index in [0.29, 0.717) is 6.54 Å². The van der Waals surface area contributed by atoms with Gasteiger partial charge in [-0.3, -0.25) is 4.79 Å². The number of amides is 1. The summed E-state index contributed by atoms with van der Waals surface area (Å²) < 4.78 is 12.7. The smallest absolute Gasteiger partial charge is 0.238 e. The number of hydrogen-bond donors (Lipinski definition) is 0. The third-order valence-electron chi connectivity index (χ3n) is 2.32. The van der Waals surface area contributed by atoms with Gasteiger partial charge in [0.2, 0.25) is 5.91 Å². The molecule has 0 aromatic heterocycles. The van der Waals surface area contributed by atoms with Crippen molar-refractivity contribution in [2.75, 3.05) is 5.88 Å². The van der Waals surface area contributed by atoms with E-state index in [4.69, 9.17) is 11.6 Å². The van der Waals surface area contributed by atoms with Gasteiger partial charge in [0, 0.05) is 12.6 Å². The Morgan fingerprint density at radius 1 is 1.38 bits per heavy atom. The van der Waals surface area contributed by atoms with Gasteiger partial charge in [0.25, 0.3) is 0 Å². The molecule has 0 aliphatic carbocycles. The van der Waals surface area contributed by atoms with Crippen LogP contribution in [0.2, 0.25) is 0 Å². The summed E-state index contributed by atoms with van der Waals surface area (Å²) in [5, 5.41) is 0. The normalized spacial score (nSPS) is 10.6. The highest BCUT2D eigenvalue weighted by Crippen LogP contribution is 2.10. The Morgan fingerprint density at radius 3 is 2.38 bits per heavy atom. The van der Waals surface area contributed by atoms with Gasteiger partial charge in [-0.05, 0) is 31.5 Å². The first-order valence-corrected chi connectivity index (χ1v) is 5.68. The molecule has 0 bridgehead atoms. The van der Waals surface area contributed by atoms with E-state index >= 15 is 0 Å². The van der Waals surface area contributed by atoms with Crippen LogP contribution in [0.25, 0.3) is 0 Å². The number of hydrogen-bond acceptors (Lipinski definition) is 1. The molecule has 0 spiro atoms. The van der Waals surface area contributed by atoms with Crippen LogP contribution >= 0.6 is 11.6 Å². The van der Waals surface area contributed by atoms with Gasteiger partial charge < -0.3 is 4.90 Å². The van der Waals surface area contributed by atoms with Crippen molar-refractivity contribution in [3.63, 3.8) is 0 Å². The second kappa shape index (κ2) is 5.85. The fourth-order valence-electron chi connectivity index (χ4n) is 1.42. The van der Waals surface area contributed by atoms with Crippen molar-refractivity contribution >= 4 is 17.5 Å². The first-order valence-electron chi connectivity index (χ1n) is 5.14. The van der Waals surface area contributed by atoms with Crippen molar-refractivity contribution in [3.8, 4) is 0 Å². The first-order chi connectivity index (χ1) is 7.54. The Kier molecular flexibility index (Phi) is 4.74. The molecule has 0 N–H and O–H groups in total. The van der Waals surface area contributed by atoms with Crippen LogP contribution in [0.3, 0.4) is 0 Å². The Bertz CT molecular complexity index is 351. The zero-order valence-electron chi connectivity index (χ0n) is 9.41. The molecule has 0 saturated carbocycles. The quantitative estimate of drug-likeness (QED) is 0.745. The van der Waals surface area contributed by atoms with Crippen LogP contribution in [0.4, 0.5) is 4.39 Å². The molecule has 0 heterocycles. The molecule has 1 rings (SSSR count). The van der Waals surface area contributed by atoms with Crippen LogP contribution in [0.15, 0.2) is 24.3 Å². The van der Waals surface area contributed by atoms with Gasteiger partial charge in [0.05, 0.1) is 0 Å². The number of benzene rings is 1. The van der Waals surface area contributed by atoms with E-state index in [9.17, 15) is 9.18 Å². The lowest BCUT2D eigenvalue weighted by Crippen LogP contribution is -2.37. The molecule has 88 valence electrons. The highest BCUT2D eigenvalue weighted by molar-refractivity contribution is 6.27. The third kappa shape index (κ3) is 3.49. The van der Waals surface area contributed by atoms with Crippen LogP contribution in [-0.4, -0.2) is 22.7 Å². The van der Waals surface area contributed by atoms with Crippen LogP contribution < -0.4 is 0 Å². The molecule has 4 heteroatoms. The van der Waals surface area contributed by atoms with Crippen molar-refractivity contribution in [3.05, 3.63) is 35.6 Å². The van der Waals surface area contributed by atoms with Gasteiger partial charge in [-0.15, -0.1) is 11.6 Å². The molecule has 0 radical (unpaired) electrons. The van der Waals surface area contributed by atoms with Crippen molar-refractivity contribution in [1.82, 2.24) is 4.90 Å². The largest absolute Gasteiger partial charge is 0.335 e. The predicted octanol–water partition coefficient (Wildman–Crippen LogP) is 2.80. The average molecular weight is 244 g/mol. The zero-order valence-corrected chi connectivity index (χ0v) is 10.2. The minimum Gasteiger partial charge on any atom is -0.335 e. The van der Waals surface area contributed by atoms with Gasteiger partial charge in [-0.25, -0.2) is 4.39 Å². The number of nitrogens with zero attached hydrogens (tertiary/aromatic N) is 1. The lowest BCUT2D eigenvalue weighted by Gasteiger charge is -2.26. The van der Waals surface area contributed by atoms with Gasteiger partial charge in [0.15, 0.2) is 0 Å². The van der Waals surface area contributed by atoms with Gasteiger partial charge in [-0.2, -0.15) is 0 Å². The Morgan fingerprint density at radius 2 is 1.94 bits per heavy atom. The van der Waals surface area contributed by atoms with Crippen molar-refractivity contribution in [2.24, 2.45) is 0 Å². The van der Waals surface area contributed by atoms with E-state index in [1.807, 2.05) is 13.8 Å². The average Bonchev–Trinajstić information content (AvgIpc) is 2.27. The number of halogens is 2. The van der Waals surface area contributed by atoms with E-state index in [2.05, 4.69) is 0 Å². The molecular weight excluding hydrogens is 229 g/mol. The summed E-state index contributed by atoms with van der Waals surface area (Å²) in [6, 6.07) is 6.20. The van der Waals surface area contributed by atoms with Crippen molar-refractivity contribution in [2.45, 2.75) is 26.4 Å². The molecule has 0 unspecified atom stereocenters. The lowest BCUT2D eigenvalue weighted by molar-refractivity contribution is -0.130. The summed E-state index contributed by atoms with van der Waals surface area (Å²) >= 11 is 5.53. The molecule has 0 aliphatic heterocycles. The Balaban J connectivity index is 2.75. The fraction of sp³-hybridized carbons (Fsp3) is 0.417. The van der Waals surface area contributed by atoms with Crippen molar-refractivity contribution in [1.29, 1.82) is 0 Å². The predicted molar refractivity (Wildman–Crippen MR) is 62.8 cm³/mol. The third-order valence-corrected chi connectivity index (χ3v) is 2.55. The Labute approximate surface area is 100 Å². The van der Waals surface area contributed by atoms with Crippen LogP contribution in [-0.2, 0) is 11.3 Å². The van der Waals surface area contributed by atoms with Crippen LogP contribution in [0.1, 0.15) is 19.4 Å². The summed E-state index contributed by atoms with van der Waals surface area (Å²) in [5.74, 6) is -0.413. The number of carbonyl (C=O) groups excluding carboxylic acids is 1. The summed E-state index contributed by atoms with van der Waals surface area (Å²) in [6.45, 7) is 4.31. The molecule has 1 amide bonds. The van der Waals surface area contributed by atoms with Gasteiger partial charge in [0.1, 0.15) is 11.7 Å². The maximum absolute atomic E-state index is 12.7. The maximum Gasteiger partial charge on any atom is 0.238 e. The molecule has 0 aliphatic rings. The highest BCUT2D eigenvalue weighted by atomic mass is 35.5. The second-order valence-electron chi connectivity index (χ2n) is 3.88. The molecule has 1 aromatic rings. The molecule has 0 fully saturated rings. The summed E-state index contributed by atoms with van der Waals surface area (Å²) in [5.41, 5.74) is 0.897. The Hall–Kier alpha value is -1.09. The van der Waals surface area contributed by atoms with E-state index in [1.165, 1.54) is 12.1 Å². The summed E-state index contributed by atoms with van der Waals surface area (Å²) in [7, 11) is 0. The molecular formula is C12H15ClFNO. The standard InChI is InChI=1S/C12H15ClFNO/c1-9(2)15(12(16)7-13)8-10-3-5-11(14)6-4-10/h3-6,9H,7-8H2,1-2H3. The lowest BCUT2D eigenvalue weighted by atomic mass is 10.2. The molecule has 16 heavy (non-hydrogen) atoms. The van der Waals surface area contributed by atoms with E-state index in [1.54, 1.807) is 17.0 Å². The monoisotopic (exact) mass is 243 g/mol. The van der Waals surface area contributed by atoms with Crippen LogP contribution in [0, 0.1) is 5.82 Å². The van der Waals surface area contributed by atoms with E-state index in [0.717, 1.165) is 5.56 Å². The number of rotatable bonds is 4. The summed E-state index contributed by atoms with van der Waals surface area (Å²) in [6.07, 6.45) is 0. The minimum absolute atomic E-state index is 0.0284. The summed E-state index contributed by atoms with van der Waals surface area (Å²) in [4.78, 5) is 13.2.